The first-order chi connectivity index (χ1) is 3.80. The maximum atomic E-state index is 10.5. The highest BCUT2D eigenvalue weighted by atomic mass is 32.1. The highest BCUT2D eigenvalue weighted by Gasteiger charge is 2.18. The number of hydrogen-bond donors (Lipinski definition) is 2. The van der Waals surface area contributed by atoms with E-state index >= 15 is 0 Å². The van der Waals surface area contributed by atoms with Crippen LogP contribution >= 0.6 is 12.6 Å². The zero-order chi connectivity index (χ0) is 5.98. The third kappa shape index (κ3) is 1.23. The van der Waals surface area contributed by atoms with Crippen LogP contribution < -0.4 is 5.32 Å². The predicted octanol–water partition coefficient (Wildman–Crippen LogP) is 0.0523. The topological polar surface area (TPSA) is 29.1 Å². The van der Waals surface area contributed by atoms with Crippen molar-refractivity contribution in [3.63, 3.8) is 0 Å². The second-order valence-electron chi connectivity index (χ2n) is 2.03. The number of hydrogen-bond acceptors (Lipinski definition) is 2. The summed E-state index contributed by atoms with van der Waals surface area (Å²) >= 11 is 3.71. The zero-order valence-electron chi connectivity index (χ0n) is 4.55. The second kappa shape index (κ2) is 2.51. The van der Waals surface area contributed by atoms with E-state index in [1.807, 2.05) is 0 Å². The smallest absolute Gasteiger partial charge is 0.190 e. The van der Waals surface area contributed by atoms with E-state index in [0.717, 1.165) is 19.5 Å². The van der Waals surface area contributed by atoms with Crippen LogP contribution in [-0.4, -0.2) is 18.2 Å². The Labute approximate surface area is 54.1 Å². The molecule has 0 bridgehead atoms. The lowest BCUT2D eigenvalue weighted by molar-refractivity contribution is -0.113. The van der Waals surface area contributed by atoms with Crippen molar-refractivity contribution < 1.29 is 4.79 Å². The van der Waals surface area contributed by atoms with Crippen LogP contribution in [0.3, 0.4) is 0 Å². The van der Waals surface area contributed by atoms with E-state index in [2.05, 4.69) is 17.9 Å². The molecule has 1 unspecified atom stereocenters. The normalized spacial score (nSPS) is 28.4. The number of thiol groups is 1. The molecule has 1 heterocycles. The van der Waals surface area contributed by atoms with Gasteiger partial charge in [-0.15, -0.1) is 12.6 Å². The molecule has 0 aromatic rings. The van der Waals surface area contributed by atoms with Crippen molar-refractivity contribution in [2.45, 2.75) is 6.42 Å². The van der Waals surface area contributed by atoms with Gasteiger partial charge in [0.1, 0.15) is 0 Å². The van der Waals surface area contributed by atoms with Gasteiger partial charge < -0.3 is 5.32 Å². The standard InChI is InChI=1S/C5H9NOS/c7-5(8)4-1-2-6-3-4/h4,6H,1-3H2,(H,7,8). The lowest BCUT2D eigenvalue weighted by Gasteiger charge is -1.97. The SMILES string of the molecule is O=C(S)C1CCNC1. The minimum Gasteiger partial charge on any atom is -0.316 e. The molecular formula is C5H9NOS. The van der Waals surface area contributed by atoms with Gasteiger partial charge in [0, 0.05) is 12.5 Å². The molecule has 1 aliphatic heterocycles. The van der Waals surface area contributed by atoms with Crippen LogP contribution in [0.15, 0.2) is 0 Å². The van der Waals surface area contributed by atoms with E-state index in [9.17, 15) is 4.79 Å². The van der Waals surface area contributed by atoms with Crippen molar-refractivity contribution in [2.75, 3.05) is 13.1 Å². The van der Waals surface area contributed by atoms with Gasteiger partial charge in [-0.3, -0.25) is 4.79 Å². The van der Waals surface area contributed by atoms with Crippen LogP contribution in [0.5, 0.6) is 0 Å². The molecular weight excluding hydrogens is 122 g/mol. The van der Waals surface area contributed by atoms with Crippen LogP contribution in [0.4, 0.5) is 0 Å². The van der Waals surface area contributed by atoms with Crippen molar-refractivity contribution in [1.82, 2.24) is 5.32 Å². The number of rotatable bonds is 1. The molecule has 0 radical (unpaired) electrons. The largest absolute Gasteiger partial charge is 0.316 e. The minimum absolute atomic E-state index is 0.0231. The molecule has 8 heavy (non-hydrogen) atoms. The van der Waals surface area contributed by atoms with Gasteiger partial charge in [-0.2, -0.15) is 0 Å². The van der Waals surface area contributed by atoms with E-state index in [-0.39, 0.29) is 11.0 Å². The van der Waals surface area contributed by atoms with E-state index < -0.39 is 0 Å². The molecule has 1 N–H and O–H groups in total. The van der Waals surface area contributed by atoms with Crippen molar-refractivity contribution in [3.05, 3.63) is 0 Å². The van der Waals surface area contributed by atoms with Gasteiger partial charge in [0.25, 0.3) is 0 Å². The third-order valence-electron chi connectivity index (χ3n) is 1.41. The van der Waals surface area contributed by atoms with E-state index in [0.29, 0.717) is 0 Å². The molecule has 1 fully saturated rings. The van der Waals surface area contributed by atoms with Crippen LogP contribution in [0.25, 0.3) is 0 Å². The molecule has 3 heteroatoms. The lowest BCUT2D eigenvalue weighted by Crippen LogP contribution is -2.13. The summed E-state index contributed by atoms with van der Waals surface area (Å²) in [4.78, 5) is 10.5. The van der Waals surface area contributed by atoms with Crippen molar-refractivity contribution in [3.8, 4) is 0 Å². The molecule has 0 amide bonds. The van der Waals surface area contributed by atoms with Gasteiger partial charge in [0.05, 0.1) is 0 Å². The maximum absolute atomic E-state index is 10.5. The van der Waals surface area contributed by atoms with Gasteiger partial charge in [-0.25, -0.2) is 0 Å². The van der Waals surface area contributed by atoms with E-state index in [4.69, 9.17) is 0 Å². The monoisotopic (exact) mass is 131 g/mol. The van der Waals surface area contributed by atoms with Crippen molar-refractivity contribution >= 4 is 17.7 Å². The summed E-state index contributed by atoms with van der Waals surface area (Å²) in [5, 5.41) is 3.11. The van der Waals surface area contributed by atoms with Crippen LogP contribution in [0.1, 0.15) is 6.42 Å². The molecule has 0 aromatic heterocycles. The molecule has 0 aliphatic carbocycles. The molecule has 1 rings (SSSR count). The summed E-state index contributed by atoms with van der Waals surface area (Å²) < 4.78 is 0. The first kappa shape index (κ1) is 6.11. The average Bonchev–Trinajstić information content (AvgIpc) is 2.12. The summed E-state index contributed by atoms with van der Waals surface area (Å²) in [5.41, 5.74) is 0. The van der Waals surface area contributed by atoms with Crippen LogP contribution in [0, 0.1) is 5.92 Å². The summed E-state index contributed by atoms with van der Waals surface area (Å²) in [6.07, 6.45) is 0.961. The molecule has 1 saturated heterocycles. The van der Waals surface area contributed by atoms with Gasteiger partial charge in [0.2, 0.25) is 0 Å². The molecule has 1 aliphatic rings. The van der Waals surface area contributed by atoms with E-state index in [1.54, 1.807) is 0 Å². The van der Waals surface area contributed by atoms with E-state index in [1.165, 1.54) is 0 Å². The Kier molecular flexibility index (Phi) is 1.91. The summed E-state index contributed by atoms with van der Waals surface area (Å²) in [6, 6.07) is 0. The summed E-state index contributed by atoms with van der Waals surface area (Å²) in [5.74, 6) is 0.179. The Morgan fingerprint density at radius 3 is 2.75 bits per heavy atom. The zero-order valence-corrected chi connectivity index (χ0v) is 5.45. The van der Waals surface area contributed by atoms with Crippen LogP contribution in [0.2, 0.25) is 0 Å². The fourth-order valence-electron chi connectivity index (χ4n) is 0.865. The van der Waals surface area contributed by atoms with Crippen LogP contribution in [-0.2, 0) is 4.79 Å². The van der Waals surface area contributed by atoms with Gasteiger partial charge in [-0.05, 0) is 13.0 Å². The predicted molar refractivity (Wildman–Crippen MR) is 35.0 cm³/mol. The van der Waals surface area contributed by atoms with Gasteiger partial charge in [0.15, 0.2) is 5.12 Å². The molecule has 2 nitrogen and oxygen atoms in total. The Hall–Kier alpha value is -0.0200. The molecule has 1 atom stereocenters. The molecule has 0 saturated carbocycles. The quantitative estimate of drug-likeness (QED) is 0.492. The first-order valence-corrected chi connectivity index (χ1v) is 3.19. The Bertz CT molecular complexity index is 98.6. The fraction of sp³-hybridized carbons (Fsp3) is 0.800. The Morgan fingerprint density at radius 2 is 2.50 bits per heavy atom. The lowest BCUT2D eigenvalue weighted by atomic mass is 10.1. The summed E-state index contributed by atoms with van der Waals surface area (Å²) in [7, 11) is 0. The third-order valence-corrected chi connectivity index (χ3v) is 1.77. The minimum atomic E-state index is 0.0231. The number of carbonyl (C=O) groups excluding carboxylic acids is 1. The Balaban J connectivity index is 2.35. The first-order valence-electron chi connectivity index (χ1n) is 2.74. The molecule has 0 aromatic carbocycles. The highest BCUT2D eigenvalue weighted by Crippen LogP contribution is 2.09. The molecule has 0 spiro atoms. The average molecular weight is 131 g/mol. The summed E-state index contributed by atoms with van der Waals surface area (Å²) in [6.45, 7) is 1.79. The highest BCUT2D eigenvalue weighted by molar-refractivity contribution is 7.96. The molecule has 46 valence electrons. The fourth-order valence-corrected chi connectivity index (χ4v) is 1.09. The number of carbonyl (C=O) groups is 1. The maximum Gasteiger partial charge on any atom is 0.190 e. The van der Waals surface area contributed by atoms with Crippen molar-refractivity contribution in [1.29, 1.82) is 0 Å². The Morgan fingerprint density at radius 1 is 1.75 bits per heavy atom. The second-order valence-corrected chi connectivity index (χ2v) is 2.47. The van der Waals surface area contributed by atoms with Crippen molar-refractivity contribution in [2.24, 2.45) is 5.92 Å². The van der Waals surface area contributed by atoms with Gasteiger partial charge in [-0.1, -0.05) is 0 Å². The van der Waals surface area contributed by atoms with Gasteiger partial charge >= 0.3 is 0 Å². The number of nitrogens with one attached hydrogen (secondary N) is 1.